The maximum atomic E-state index is 5.89. The van der Waals surface area contributed by atoms with E-state index in [0.29, 0.717) is 24.3 Å². The third kappa shape index (κ3) is 2.57. The van der Waals surface area contributed by atoms with E-state index < -0.39 is 0 Å². The number of nitrogens with two attached hydrogens (primary N) is 1. The number of nitrogens with zero attached hydrogens (tertiary/aromatic N) is 1. The lowest BCUT2D eigenvalue weighted by atomic mass is 9.88. The molecule has 0 aliphatic heterocycles. The molecular formula is C15H22N2S. The molecule has 0 bridgehead atoms. The summed E-state index contributed by atoms with van der Waals surface area (Å²) in [5.41, 5.74) is 8.33. The number of rotatable bonds is 4. The van der Waals surface area contributed by atoms with Crippen LogP contribution in [0.5, 0.6) is 0 Å². The van der Waals surface area contributed by atoms with Gasteiger partial charge in [-0.15, -0.1) is 11.3 Å². The molecule has 2 aromatic rings. The summed E-state index contributed by atoms with van der Waals surface area (Å²) in [5, 5.41) is 1.22. The molecule has 0 spiro atoms. The zero-order valence-electron chi connectivity index (χ0n) is 11.6. The predicted molar refractivity (Wildman–Crippen MR) is 80.3 cm³/mol. The SMILES string of the molecule is CC(C)c1nc2cc(C(CN)C(C)C)ccc2s1. The maximum Gasteiger partial charge on any atom is 0.0963 e. The van der Waals surface area contributed by atoms with E-state index in [4.69, 9.17) is 10.7 Å². The Labute approximate surface area is 113 Å². The van der Waals surface area contributed by atoms with Crippen LogP contribution in [0.15, 0.2) is 18.2 Å². The lowest BCUT2D eigenvalue weighted by molar-refractivity contribution is 0.507. The van der Waals surface area contributed by atoms with Crippen molar-refractivity contribution in [2.24, 2.45) is 11.7 Å². The summed E-state index contributed by atoms with van der Waals surface area (Å²) >= 11 is 1.80. The Balaban J connectivity index is 2.43. The first-order valence-corrected chi connectivity index (χ1v) is 7.45. The van der Waals surface area contributed by atoms with E-state index in [1.54, 1.807) is 11.3 Å². The van der Waals surface area contributed by atoms with Gasteiger partial charge >= 0.3 is 0 Å². The lowest BCUT2D eigenvalue weighted by Crippen LogP contribution is -2.17. The Bertz CT molecular complexity index is 528. The average Bonchev–Trinajstić information content (AvgIpc) is 2.72. The molecule has 1 aromatic carbocycles. The number of hydrogen-bond donors (Lipinski definition) is 1. The van der Waals surface area contributed by atoms with E-state index in [1.165, 1.54) is 15.3 Å². The largest absolute Gasteiger partial charge is 0.330 e. The van der Waals surface area contributed by atoms with Gasteiger partial charge in [-0.3, -0.25) is 0 Å². The average molecular weight is 262 g/mol. The van der Waals surface area contributed by atoms with E-state index in [9.17, 15) is 0 Å². The molecule has 2 rings (SSSR count). The molecule has 1 atom stereocenters. The van der Waals surface area contributed by atoms with Gasteiger partial charge in [-0.05, 0) is 36.1 Å². The topological polar surface area (TPSA) is 38.9 Å². The fraction of sp³-hybridized carbons (Fsp3) is 0.533. The van der Waals surface area contributed by atoms with Crippen LogP contribution in [-0.2, 0) is 0 Å². The van der Waals surface area contributed by atoms with Gasteiger partial charge in [-0.2, -0.15) is 0 Å². The van der Waals surface area contributed by atoms with Crippen molar-refractivity contribution in [1.29, 1.82) is 0 Å². The Morgan fingerprint density at radius 1 is 1.22 bits per heavy atom. The molecule has 0 aliphatic rings. The zero-order valence-corrected chi connectivity index (χ0v) is 12.4. The van der Waals surface area contributed by atoms with Crippen LogP contribution in [0.1, 0.15) is 50.1 Å². The molecule has 1 heterocycles. The van der Waals surface area contributed by atoms with Crippen molar-refractivity contribution in [2.75, 3.05) is 6.54 Å². The van der Waals surface area contributed by atoms with Gasteiger partial charge in [0, 0.05) is 5.92 Å². The summed E-state index contributed by atoms with van der Waals surface area (Å²) in [6.45, 7) is 9.53. The van der Waals surface area contributed by atoms with Gasteiger partial charge < -0.3 is 5.73 Å². The highest BCUT2D eigenvalue weighted by atomic mass is 32.1. The molecule has 0 saturated heterocycles. The highest BCUT2D eigenvalue weighted by Gasteiger charge is 2.15. The van der Waals surface area contributed by atoms with Gasteiger partial charge in [0.15, 0.2) is 0 Å². The monoisotopic (exact) mass is 262 g/mol. The van der Waals surface area contributed by atoms with Crippen LogP contribution >= 0.6 is 11.3 Å². The third-order valence-corrected chi connectivity index (χ3v) is 4.75. The number of fused-ring (bicyclic) bond motifs is 1. The molecule has 18 heavy (non-hydrogen) atoms. The standard InChI is InChI=1S/C15H22N2S/c1-9(2)12(8-16)11-5-6-14-13(7-11)17-15(18-14)10(3)4/h5-7,9-10,12H,8,16H2,1-4H3. The van der Waals surface area contributed by atoms with Gasteiger partial charge in [0.2, 0.25) is 0 Å². The lowest BCUT2D eigenvalue weighted by Gasteiger charge is -2.19. The summed E-state index contributed by atoms with van der Waals surface area (Å²) in [6, 6.07) is 6.62. The fourth-order valence-electron chi connectivity index (χ4n) is 2.23. The van der Waals surface area contributed by atoms with Crippen LogP contribution < -0.4 is 5.73 Å². The third-order valence-electron chi connectivity index (χ3n) is 3.41. The molecule has 98 valence electrons. The van der Waals surface area contributed by atoms with Crippen LogP contribution in [-0.4, -0.2) is 11.5 Å². The summed E-state index contributed by atoms with van der Waals surface area (Å²) < 4.78 is 1.28. The van der Waals surface area contributed by atoms with Crippen molar-refractivity contribution in [2.45, 2.75) is 39.5 Å². The maximum absolute atomic E-state index is 5.89. The highest BCUT2D eigenvalue weighted by molar-refractivity contribution is 7.18. The molecule has 0 saturated carbocycles. The van der Waals surface area contributed by atoms with Crippen LogP contribution in [0.25, 0.3) is 10.2 Å². The summed E-state index contributed by atoms with van der Waals surface area (Å²) in [6.07, 6.45) is 0. The Kier molecular flexibility index (Phi) is 4.03. The van der Waals surface area contributed by atoms with Gasteiger partial charge in [-0.25, -0.2) is 4.98 Å². The molecule has 3 heteroatoms. The second kappa shape index (κ2) is 5.37. The molecule has 0 fully saturated rings. The van der Waals surface area contributed by atoms with Crippen molar-refractivity contribution in [1.82, 2.24) is 4.98 Å². The molecule has 1 unspecified atom stereocenters. The van der Waals surface area contributed by atoms with Crippen molar-refractivity contribution in [3.05, 3.63) is 28.8 Å². The Hall–Kier alpha value is -0.930. The number of aromatic nitrogens is 1. The van der Waals surface area contributed by atoms with Gasteiger partial charge in [0.05, 0.1) is 15.2 Å². The molecule has 0 aliphatic carbocycles. The normalized spacial score (nSPS) is 13.7. The number of thiazole rings is 1. The summed E-state index contributed by atoms with van der Waals surface area (Å²) in [4.78, 5) is 4.73. The van der Waals surface area contributed by atoms with Crippen molar-refractivity contribution >= 4 is 21.6 Å². The molecular weight excluding hydrogens is 240 g/mol. The smallest absolute Gasteiger partial charge is 0.0963 e. The van der Waals surface area contributed by atoms with Gasteiger partial charge in [0.1, 0.15) is 0 Å². The first-order chi connectivity index (χ1) is 8.52. The fourth-order valence-corrected chi connectivity index (χ4v) is 3.18. The van der Waals surface area contributed by atoms with Crippen molar-refractivity contribution in [3.63, 3.8) is 0 Å². The van der Waals surface area contributed by atoms with E-state index in [1.807, 2.05) is 0 Å². The second-order valence-corrected chi connectivity index (χ2v) is 6.58. The number of hydrogen-bond acceptors (Lipinski definition) is 3. The Morgan fingerprint density at radius 3 is 2.50 bits per heavy atom. The van der Waals surface area contributed by atoms with E-state index in [0.717, 1.165) is 5.52 Å². The molecule has 2 N–H and O–H groups in total. The van der Waals surface area contributed by atoms with Crippen LogP contribution in [0, 0.1) is 5.92 Å². The van der Waals surface area contributed by atoms with Crippen LogP contribution in [0.3, 0.4) is 0 Å². The van der Waals surface area contributed by atoms with Gasteiger partial charge in [-0.1, -0.05) is 33.8 Å². The first kappa shape index (κ1) is 13.5. The predicted octanol–water partition coefficient (Wildman–Crippen LogP) is 4.12. The van der Waals surface area contributed by atoms with Crippen molar-refractivity contribution in [3.8, 4) is 0 Å². The quantitative estimate of drug-likeness (QED) is 0.900. The second-order valence-electron chi connectivity index (χ2n) is 5.52. The molecule has 0 amide bonds. The minimum Gasteiger partial charge on any atom is -0.330 e. The molecule has 1 aromatic heterocycles. The minimum absolute atomic E-state index is 0.429. The van der Waals surface area contributed by atoms with E-state index >= 15 is 0 Å². The summed E-state index contributed by atoms with van der Waals surface area (Å²) in [5.74, 6) is 1.50. The Morgan fingerprint density at radius 2 is 1.94 bits per heavy atom. The highest BCUT2D eigenvalue weighted by Crippen LogP contribution is 2.31. The summed E-state index contributed by atoms with van der Waals surface area (Å²) in [7, 11) is 0. The zero-order chi connectivity index (χ0) is 13.3. The molecule has 2 nitrogen and oxygen atoms in total. The number of benzene rings is 1. The van der Waals surface area contributed by atoms with E-state index in [-0.39, 0.29) is 0 Å². The van der Waals surface area contributed by atoms with Gasteiger partial charge in [0.25, 0.3) is 0 Å². The molecule has 0 radical (unpaired) electrons. The van der Waals surface area contributed by atoms with Crippen molar-refractivity contribution < 1.29 is 0 Å². The van der Waals surface area contributed by atoms with Crippen LogP contribution in [0.2, 0.25) is 0 Å². The van der Waals surface area contributed by atoms with E-state index in [2.05, 4.69) is 45.9 Å². The first-order valence-electron chi connectivity index (χ1n) is 6.63. The minimum atomic E-state index is 0.429. The van der Waals surface area contributed by atoms with Crippen LogP contribution in [0.4, 0.5) is 0 Å².